The molecule has 0 aliphatic rings. The highest BCUT2D eigenvalue weighted by Gasteiger charge is 1.93. The summed E-state index contributed by atoms with van der Waals surface area (Å²) < 4.78 is 7.44. The van der Waals surface area contributed by atoms with Gasteiger partial charge in [0.15, 0.2) is 5.43 Å². The summed E-state index contributed by atoms with van der Waals surface area (Å²) in [7, 11) is 0. The van der Waals surface area contributed by atoms with Crippen LogP contribution in [0.4, 0.5) is 0 Å². The Morgan fingerprint density at radius 2 is 2.00 bits per heavy atom. The molecule has 96 valence electrons. The Morgan fingerprint density at radius 1 is 1.29 bits per heavy atom. The standard InChI is InChI=1S/C13H22N2O2/c1-12(2)17-11-3-6-14-7-10-15-8-4-13(16)5-9-15/h4-5,8-9,12,14H,3,6-7,10-11H2,1-2H3. The van der Waals surface area contributed by atoms with Crippen LogP contribution < -0.4 is 10.7 Å². The van der Waals surface area contributed by atoms with Crippen LogP contribution in [0, 0.1) is 0 Å². The second-order valence-corrected chi connectivity index (χ2v) is 4.29. The maximum atomic E-state index is 10.9. The predicted octanol–water partition coefficient (Wildman–Crippen LogP) is 1.25. The van der Waals surface area contributed by atoms with Gasteiger partial charge in [0.2, 0.25) is 0 Å². The van der Waals surface area contributed by atoms with Crippen LogP contribution in [0.25, 0.3) is 0 Å². The molecule has 0 saturated heterocycles. The molecular formula is C13H22N2O2. The highest BCUT2D eigenvalue weighted by molar-refractivity contribution is 4.93. The van der Waals surface area contributed by atoms with E-state index in [2.05, 4.69) is 5.32 Å². The van der Waals surface area contributed by atoms with Gasteiger partial charge in [-0.15, -0.1) is 0 Å². The molecule has 0 aliphatic carbocycles. The van der Waals surface area contributed by atoms with Crippen molar-refractivity contribution in [1.29, 1.82) is 0 Å². The number of hydrogen-bond donors (Lipinski definition) is 1. The zero-order valence-electron chi connectivity index (χ0n) is 10.7. The molecule has 1 aromatic heterocycles. The molecule has 0 saturated carbocycles. The zero-order valence-corrected chi connectivity index (χ0v) is 10.7. The number of pyridine rings is 1. The highest BCUT2D eigenvalue weighted by atomic mass is 16.5. The third-order valence-corrected chi connectivity index (χ3v) is 2.36. The van der Waals surface area contributed by atoms with Crippen LogP contribution in [0.3, 0.4) is 0 Å². The van der Waals surface area contributed by atoms with Gasteiger partial charge in [-0.2, -0.15) is 0 Å². The fraction of sp³-hybridized carbons (Fsp3) is 0.615. The first-order valence-electron chi connectivity index (χ1n) is 6.17. The quantitative estimate of drug-likeness (QED) is 0.693. The van der Waals surface area contributed by atoms with E-state index in [1.807, 2.05) is 30.8 Å². The van der Waals surface area contributed by atoms with Gasteiger partial charge < -0.3 is 14.6 Å². The molecule has 17 heavy (non-hydrogen) atoms. The fourth-order valence-electron chi connectivity index (χ4n) is 1.44. The molecule has 0 unspecified atom stereocenters. The van der Waals surface area contributed by atoms with Gasteiger partial charge in [0.1, 0.15) is 0 Å². The van der Waals surface area contributed by atoms with Crippen LogP contribution in [0.2, 0.25) is 0 Å². The second-order valence-electron chi connectivity index (χ2n) is 4.29. The maximum absolute atomic E-state index is 10.9. The van der Waals surface area contributed by atoms with Crippen molar-refractivity contribution < 1.29 is 4.74 Å². The van der Waals surface area contributed by atoms with Crippen LogP contribution in [0.1, 0.15) is 20.3 Å². The number of ether oxygens (including phenoxy) is 1. The zero-order chi connectivity index (χ0) is 12.5. The normalized spacial score (nSPS) is 11.0. The molecule has 0 amide bonds. The first-order chi connectivity index (χ1) is 8.18. The van der Waals surface area contributed by atoms with Gasteiger partial charge in [-0.1, -0.05) is 0 Å². The van der Waals surface area contributed by atoms with Crippen LogP contribution in [0.5, 0.6) is 0 Å². The SMILES string of the molecule is CC(C)OCCCNCCn1ccc(=O)cc1. The Kier molecular flexibility index (Phi) is 6.58. The van der Waals surface area contributed by atoms with Crippen molar-refractivity contribution >= 4 is 0 Å². The molecular weight excluding hydrogens is 216 g/mol. The minimum atomic E-state index is 0.0556. The molecule has 0 spiro atoms. The minimum absolute atomic E-state index is 0.0556. The molecule has 4 nitrogen and oxygen atoms in total. The van der Waals surface area contributed by atoms with Gasteiger partial charge in [0, 0.05) is 44.2 Å². The third-order valence-electron chi connectivity index (χ3n) is 2.36. The van der Waals surface area contributed by atoms with Crippen LogP contribution in [-0.4, -0.2) is 30.4 Å². The predicted molar refractivity (Wildman–Crippen MR) is 69.3 cm³/mol. The van der Waals surface area contributed by atoms with E-state index >= 15 is 0 Å². The van der Waals surface area contributed by atoms with Gasteiger partial charge in [-0.05, 0) is 26.8 Å². The van der Waals surface area contributed by atoms with E-state index in [-0.39, 0.29) is 5.43 Å². The Bertz CT molecular complexity index is 340. The number of aromatic nitrogens is 1. The maximum Gasteiger partial charge on any atom is 0.181 e. The summed E-state index contributed by atoms with van der Waals surface area (Å²) in [6.07, 6.45) is 4.97. The second kappa shape index (κ2) is 8.03. The molecule has 0 aliphatic heterocycles. The van der Waals surface area contributed by atoms with Crippen LogP contribution >= 0.6 is 0 Å². The molecule has 0 fully saturated rings. The number of nitrogens with zero attached hydrogens (tertiary/aromatic N) is 1. The Morgan fingerprint density at radius 3 is 2.65 bits per heavy atom. The third kappa shape index (κ3) is 6.92. The van der Waals surface area contributed by atoms with E-state index in [0.717, 1.165) is 32.7 Å². The molecule has 0 aromatic carbocycles. The summed E-state index contributed by atoms with van der Waals surface area (Å²) in [6.45, 7) is 7.65. The van der Waals surface area contributed by atoms with Crippen molar-refractivity contribution in [3.05, 3.63) is 34.7 Å². The van der Waals surface area contributed by atoms with E-state index in [1.165, 1.54) is 0 Å². The van der Waals surface area contributed by atoms with Gasteiger partial charge in [-0.25, -0.2) is 0 Å². The highest BCUT2D eigenvalue weighted by Crippen LogP contribution is 1.89. The molecule has 1 rings (SSSR count). The summed E-state index contributed by atoms with van der Waals surface area (Å²) in [5, 5.41) is 3.34. The van der Waals surface area contributed by atoms with E-state index in [4.69, 9.17) is 4.74 Å². The average Bonchev–Trinajstić information content (AvgIpc) is 2.30. The number of hydrogen-bond acceptors (Lipinski definition) is 3. The molecule has 1 N–H and O–H groups in total. The lowest BCUT2D eigenvalue weighted by Crippen LogP contribution is -2.22. The Hall–Kier alpha value is -1.13. The number of rotatable bonds is 8. The van der Waals surface area contributed by atoms with E-state index in [1.54, 1.807) is 12.1 Å². The first kappa shape index (κ1) is 13.9. The summed E-state index contributed by atoms with van der Waals surface area (Å²) in [4.78, 5) is 10.9. The van der Waals surface area contributed by atoms with E-state index in [0.29, 0.717) is 6.10 Å². The van der Waals surface area contributed by atoms with Gasteiger partial charge in [0.05, 0.1) is 6.10 Å². The smallest absolute Gasteiger partial charge is 0.181 e. The van der Waals surface area contributed by atoms with Gasteiger partial charge in [0.25, 0.3) is 0 Å². The van der Waals surface area contributed by atoms with Crippen molar-refractivity contribution in [2.24, 2.45) is 0 Å². The van der Waals surface area contributed by atoms with Gasteiger partial charge in [-0.3, -0.25) is 4.79 Å². The lowest BCUT2D eigenvalue weighted by atomic mass is 10.4. The van der Waals surface area contributed by atoms with Gasteiger partial charge >= 0.3 is 0 Å². The van der Waals surface area contributed by atoms with E-state index in [9.17, 15) is 4.79 Å². The lowest BCUT2D eigenvalue weighted by molar-refractivity contribution is 0.0771. The lowest BCUT2D eigenvalue weighted by Gasteiger charge is -2.09. The van der Waals surface area contributed by atoms with Crippen LogP contribution in [-0.2, 0) is 11.3 Å². The van der Waals surface area contributed by atoms with Crippen molar-refractivity contribution in [1.82, 2.24) is 9.88 Å². The molecule has 1 heterocycles. The number of nitrogens with one attached hydrogen (secondary N) is 1. The molecule has 0 atom stereocenters. The largest absolute Gasteiger partial charge is 0.379 e. The van der Waals surface area contributed by atoms with Crippen molar-refractivity contribution in [3.8, 4) is 0 Å². The summed E-state index contributed by atoms with van der Waals surface area (Å²) in [5.74, 6) is 0. The van der Waals surface area contributed by atoms with E-state index < -0.39 is 0 Å². The fourth-order valence-corrected chi connectivity index (χ4v) is 1.44. The molecule has 0 radical (unpaired) electrons. The van der Waals surface area contributed by atoms with Crippen molar-refractivity contribution in [3.63, 3.8) is 0 Å². The van der Waals surface area contributed by atoms with Crippen molar-refractivity contribution in [2.45, 2.75) is 32.9 Å². The Labute approximate surface area is 103 Å². The minimum Gasteiger partial charge on any atom is -0.379 e. The van der Waals surface area contributed by atoms with Crippen LogP contribution in [0.15, 0.2) is 29.3 Å². The molecule has 1 aromatic rings. The first-order valence-corrected chi connectivity index (χ1v) is 6.17. The Balaban J connectivity index is 2.01. The summed E-state index contributed by atoms with van der Waals surface area (Å²) in [5.41, 5.74) is 0.0556. The molecule has 0 bridgehead atoms. The molecule has 4 heteroatoms. The average molecular weight is 238 g/mol. The van der Waals surface area contributed by atoms with Crippen molar-refractivity contribution in [2.75, 3.05) is 19.7 Å². The summed E-state index contributed by atoms with van der Waals surface area (Å²) in [6, 6.07) is 3.16. The summed E-state index contributed by atoms with van der Waals surface area (Å²) >= 11 is 0. The monoisotopic (exact) mass is 238 g/mol. The topological polar surface area (TPSA) is 43.3 Å².